The van der Waals surface area contributed by atoms with Crippen LogP contribution in [0.3, 0.4) is 0 Å². The van der Waals surface area contributed by atoms with Gasteiger partial charge in [-0.25, -0.2) is 0 Å². The van der Waals surface area contributed by atoms with Gasteiger partial charge in [0.25, 0.3) is 0 Å². The molecule has 1 saturated heterocycles. The van der Waals surface area contributed by atoms with E-state index >= 15 is 0 Å². The Bertz CT molecular complexity index is 136. The lowest BCUT2D eigenvalue weighted by molar-refractivity contribution is 0.0267. The SMILES string of the molecule is C=C1O[C@@H](N)[C@H](O)[C@@H]1O. The van der Waals surface area contributed by atoms with Gasteiger partial charge in [-0.15, -0.1) is 0 Å². The Kier molecular flexibility index (Phi) is 1.44. The summed E-state index contributed by atoms with van der Waals surface area (Å²) in [5.41, 5.74) is 5.17. The molecule has 1 heterocycles. The van der Waals surface area contributed by atoms with Crippen molar-refractivity contribution in [2.24, 2.45) is 5.73 Å². The summed E-state index contributed by atoms with van der Waals surface area (Å²) in [6.07, 6.45) is -2.88. The zero-order valence-electron chi connectivity index (χ0n) is 4.82. The van der Waals surface area contributed by atoms with E-state index in [9.17, 15) is 0 Å². The fraction of sp³-hybridized carbons (Fsp3) is 0.600. The number of hydrogen-bond donors (Lipinski definition) is 3. The maximum atomic E-state index is 8.88. The van der Waals surface area contributed by atoms with Crippen LogP contribution in [0.5, 0.6) is 0 Å². The number of hydrogen-bond acceptors (Lipinski definition) is 4. The van der Waals surface area contributed by atoms with Crippen LogP contribution in [0.15, 0.2) is 12.3 Å². The highest BCUT2D eigenvalue weighted by molar-refractivity contribution is 5.03. The molecule has 0 saturated carbocycles. The second-order valence-electron chi connectivity index (χ2n) is 1.98. The molecule has 0 radical (unpaired) electrons. The Morgan fingerprint density at radius 1 is 1.56 bits per heavy atom. The van der Waals surface area contributed by atoms with Gasteiger partial charge in [0.15, 0.2) is 6.23 Å². The summed E-state index contributed by atoms with van der Waals surface area (Å²) in [6, 6.07) is 0. The molecule has 1 aliphatic heterocycles. The number of nitrogens with two attached hydrogens (primary N) is 1. The molecule has 3 atom stereocenters. The van der Waals surface area contributed by atoms with E-state index in [1.54, 1.807) is 0 Å². The smallest absolute Gasteiger partial charge is 0.176 e. The Morgan fingerprint density at radius 2 is 2.11 bits per heavy atom. The molecule has 0 aromatic carbocycles. The van der Waals surface area contributed by atoms with Crippen LogP contribution < -0.4 is 5.73 Å². The normalized spacial score (nSPS) is 43.0. The molecule has 0 unspecified atom stereocenters. The third-order valence-corrected chi connectivity index (χ3v) is 1.28. The van der Waals surface area contributed by atoms with Crippen LogP contribution in [-0.2, 0) is 4.74 Å². The van der Waals surface area contributed by atoms with Gasteiger partial charge in [0.2, 0.25) is 0 Å². The summed E-state index contributed by atoms with van der Waals surface area (Å²) < 4.78 is 4.67. The molecule has 0 bridgehead atoms. The highest BCUT2D eigenvalue weighted by Gasteiger charge is 2.35. The summed E-state index contributed by atoms with van der Waals surface area (Å²) in [7, 11) is 0. The third kappa shape index (κ3) is 0.917. The molecule has 0 aromatic heterocycles. The van der Waals surface area contributed by atoms with Crippen molar-refractivity contribution in [3.63, 3.8) is 0 Å². The first-order valence-electron chi connectivity index (χ1n) is 2.60. The van der Waals surface area contributed by atoms with E-state index in [0.717, 1.165) is 0 Å². The van der Waals surface area contributed by atoms with Crippen LogP contribution in [0.2, 0.25) is 0 Å². The summed E-state index contributed by atoms with van der Waals surface area (Å²) in [5, 5.41) is 17.8. The minimum Gasteiger partial charge on any atom is -0.475 e. The lowest BCUT2D eigenvalue weighted by Crippen LogP contribution is -2.35. The van der Waals surface area contributed by atoms with E-state index in [0.29, 0.717) is 0 Å². The Labute approximate surface area is 52.5 Å². The van der Waals surface area contributed by atoms with Gasteiger partial charge in [0.05, 0.1) is 0 Å². The monoisotopic (exact) mass is 131 g/mol. The average Bonchev–Trinajstić information content (AvgIpc) is 1.98. The molecule has 4 heteroatoms. The molecule has 0 aliphatic carbocycles. The molecule has 1 fully saturated rings. The van der Waals surface area contributed by atoms with Gasteiger partial charge in [0, 0.05) is 0 Å². The first-order valence-corrected chi connectivity index (χ1v) is 2.60. The second-order valence-corrected chi connectivity index (χ2v) is 1.98. The summed E-state index contributed by atoms with van der Waals surface area (Å²) in [6.45, 7) is 3.32. The van der Waals surface area contributed by atoms with Gasteiger partial charge >= 0.3 is 0 Å². The van der Waals surface area contributed by atoms with E-state index in [4.69, 9.17) is 15.9 Å². The van der Waals surface area contributed by atoms with E-state index < -0.39 is 18.4 Å². The van der Waals surface area contributed by atoms with E-state index in [1.807, 2.05) is 0 Å². The van der Waals surface area contributed by atoms with Crippen molar-refractivity contribution in [2.75, 3.05) is 0 Å². The molecule has 0 amide bonds. The maximum Gasteiger partial charge on any atom is 0.176 e. The summed E-state index contributed by atoms with van der Waals surface area (Å²) >= 11 is 0. The van der Waals surface area contributed by atoms with Crippen molar-refractivity contribution in [3.8, 4) is 0 Å². The first kappa shape index (κ1) is 6.54. The fourth-order valence-corrected chi connectivity index (χ4v) is 0.684. The maximum absolute atomic E-state index is 8.88. The largest absolute Gasteiger partial charge is 0.475 e. The fourth-order valence-electron chi connectivity index (χ4n) is 0.684. The minimum absolute atomic E-state index is 0.134. The molecular weight excluding hydrogens is 122 g/mol. The molecule has 1 rings (SSSR count). The number of aliphatic hydroxyl groups excluding tert-OH is 2. The van der Waals surface area contributed by atoms with Crippen molar-refractivity contribution in [1.29, 1.82) is 0 Å². The van der Waals surface area contributed by atoms with Crippen molar-refractivity contribution in [1.82, 2.24) is 0 Å². The molecule has 1 aliphatic rings. The van der Waals surface area contributed by atoms with E-state index in [2.05, 4.69) is 11.3 Å². The van der Waals surface area contributed by atoms with Gasteiger partial charge in [-0.05, 0) is 0 Å². The quantitative estimate of drug-likeness (QED) is 0.375. The van der Waals surface area contributed by atoms with Gasteiger partial charge in [-0.3, -0.25) is 5.73 Å². The van der Waals surface area contributed by atoms with Crippen LogP contribution >= 0.6 is 0 Å². The van der Waals surface area contributed by atoms with Crippen LogP contribution in [0.1, 0.15) is 0 Å². The van der Waals surface area contributed by atoms with E-state index in [-0.39, 0.29) is 5.76 Å². The highest BCUT2D eigenvalue weighted by atomic mass is 16.5. The van der Waals surface area contributed by atoms with Crippen LogP contribution in [0.25, 0.3) is 0 Å². The van der Waals surface area contributed by atoms with Crippen LogP contribution in [0.4, 0.5) is 0 Å². The molecule has 52 valence electrons. The molecule has 9 heavy (non-hydrogen) atoms. The zero-order valence-corrected chi connectivity index (χ0v) is 4.82. The number of rotatable bonds is 0. The second kappa shape index (κ2) is 1.98. The third-order valence-electron chi connectivity index (χ3n) is 1.28. The molecular formula is C5H9NO3. The predicted octanol–water partition coefficient (Wildman–Crippen LogP) is -1.46. The standard InChI is InChI=1S/C5H9NO3/c1-2-3(7)4(8)5(6)9-2/h3-5,7-8H,1,6H2/t3-,4-,5-/m1/s1. The molecule has 0 aromatic rings. The summed E-state index contributed by atoms with van der Waals surface area (Å²) in [5.74, 6) is 0.134. The predicted molar refractivity (Wildman–Crippen MR) is 30.2 cm³/mol. The lowest BCUT2D eigenvalue weighted by atomic mass is 10.2. The van der Waals surface area contributed by atoms with Gasteiger partial charge < -0.3 is 14.9 Å². The number of ether oxygens (including phenoxy) is 1. The van der Waals surface area contributed by atoms with Gasteiger partial charge in [-0.1, -0.05) is 6.58 Å². The molecule has 4 nitrogen and oxygen atoms in total. The van der Waals surface area contributed by atoms with Crippen LogP contribution in [0, 0.1) is 0 Å². The van der Waals surface area contributed by atoms with Crippen molar-refractivity contribution in [3.05, 3.63) is 12.3 Å². The Hall–Kier alpha value is -0.580. The lowest BCUT2D eigenvalue weighted by Gasteiger charge is -2.05. The van der Waals surface area contributed by atoms with E-state index in [1.165, 1.54) is 0 Å². The van der Waals surface area contributed by atoms with Gasteiger partial charge in [-0.2, -0.15) is 0 Å². The van der Waals surface area contributed by atoms with Crippen LogP contribution in [-0.4, -0.2) is 28.6 Å². The van der Waals surface area contributed by atoms with Crippen molar-refractivity contribution in [2.45, 2.75) is 18.4 Å². The van der Waals surface area contributed by atoms with Crippen molar-refractivity contribution >= 4 is 0 Å². The average molecular weight is 131 g/mol. The topological polar surface area (TPSA) is 75.7 Å². The summed E-state index contributed by atoms with van der Waals surface area (Å²) in [4.78, 5) is 0. The zero-order chi connectivity index (χ0) is 7.02. The minimum atomic E-state index is -1.03. The highest BCUT2D eigenvalue weighted by Crippen LogP contribution is 2.18. The Balaban J connectivity index is 2.65. The Morgan fingerprint density at radius 3 is 2.22 bits per heavy atom. The first-order chi connectivity index (χ1) is 4.13. The number of aliphatic hydroxyl groups is 2. The van der Waals surface area contributed by atoms with Crippen molar-refractivity contribution < 1.29 is 14.9 Å². The molecule has 4 N–H and O–H groups in total. The molecule has 0 spiro atoms. The van der Waals surface area contributed by atoms with Gasteiger partial charge in [0.1, 0.15) is 18.0 Å².